The van der Waals surface area contributed by atoms with Gasteiger partial charge in [-0.25, -0.2) is 14.1 Å². The minimum absolute atomic E-state index is 0.0119. The first kappa shape index (κ1) is 22.3. The molecule has 170 valence electrons. The molecular formula is C25H22FNO6. The smallest absolute Gasteiger partial charge is 0.417 e. The lowest BCUT2D eigenvalue weighted by Crippen LogP contribution is -2.49. The van der Waals surface area contributed by atoms with Crippen LogP contribution in [0.1, 0.15) is 17.2 Å². The summed E-state index contributed by atoms with van der Waals surface area (Å²) in [5.41, 5.74) is 1.20. The number of phenolic OH excluding ortho intramolecular Hbond substituents is 1. The van der Waals surface area contributed by atoms with Crippen LogP contribution in [-0.4, -0.2) is 45.9 Å². The van der Waals surface area contributed by atoms with Gasteiger partial charge in [-0.3, -0.25) is 4.79 Å². The standard InChI is InChI=1S/C25H22FNO6/c26-18-8-12-21(13-9-18)33-23(22(29)17-6-10-20(28)11-7-17)24(30)27-19(15-32-25(27)31)14-16-4-2-1-3-5-16/h1-13,19,22-23,28-29H,14-15H2/t19-,22+,23-/m0/s1. The number of phenols is 1. The Morgan fingerprint density at radius 3 is 2.39 bits per heavy atom. The van der Waals surface area contributed by atoms with E-state index in [1.165, 1.54) is 36.4 Å². The van der Waals surface area contributed by atoms with E-state index in [1.807, 2.05) is 30.3 Å². The zero-order chi connectivity index (χ0) is 23.4. The van der Waals surface area contributed by atoms with E-state index >= 15 is 0 Å². The number of benzene rings is 3. The fourth-order valence-corrected chi connectivity index (χ4v) is 3.66. The van der Waals surface area contributed by atoms with Crippen molar-refractivity contribution in [2.24, 2.45) is 0 Å². The van der Waals surface area contributed by atoms with Gasteiger partial charge in [0, 0.05) is 0 Å². The second-order valence-electron chi connectivity index (χ2n) is 7.66. The third-order valence-corrected chi connectivity index (χ3v) is 5.35. The van der Waals surface area contributed by atoms with Crippen molar-refractivity contribution in [1.82, 2.24) is 4.90 Å². The number of rotatable bonds is 7. The molecule has 0 aliphatic carbocycles. The summed E-state index contributed by atoms with van der Waals surface area (Å²) in [6.45, 7) is 0.0119. The summed E-state index contributed by atoms with van der Waals surface area (Å²) in [4.78, 5) is 27.0. The number of hydrogen-bond donors (Lipinski definition) is 2. The predicted octanol–water partition coefficient (Wildman–Crippen LogP) is 3.60. The molecule has 0 spiro atoms. The van der Waals surface area contributed by atoms with Crippen molar-refractivity contribution in [1.29, 1.82) is 0 Å². The molecule has 33 heavy (non-hydrogen) atoms. The number of aliphatic hydroxyl groups excluding tert-OH is 1. The van der Waals surface area contributed by atoms with Crippen LogP contribution in [-0.2, 0) is 16.0 Å². The Kier molecular flexibility index (Phi) is 6.55. The highest BCUT2D eigenvalue weighted by molar-refractivity contribution is 5.96. The van der Waals surface area contributed by atoms with Crippen molar-refractivity contribution in [2.45, 2.75) is 24.7 Å². The first-order valence-corrected chi connectivity index (χ1v) is 10.4. The number of cyclic esters (lactones) is 1. The minimum Gasteiger partial charge on any atom is -0.508 e. The van der Waals surface area contributed by atoms with Gasteiger partial charge in [0.2, 0.25) is 6.10 Å². The van der Waals surface area contributed by atoms with Crippen LogP contribution < -0.4 is 4.74 Å². The number of aromatic hydroxyl groups is 1. The maximum absolute atomic E-state index is 13.5. The van der Waals surface area contributed by atoms with Gasteiger partial charge in [-0.2, -0.15) is 0 Å². The monoisotopic (exact) mass is 451 g/mol. The number of carbonyl (C=O) groups excluding carboxylic acids is 2. The van der Waals surface area contributed by atoms with E-state index in [1.54, 1.807) is 0 Å². The fourth-order valence-electron chi connectivity index (χ4n) is 3.66. The van der Waals surface area contributed by atoms with E-state index in [2.05, 4.69) is 0 Å². The molecule has 0 unspecified atom stereocenters. The molecule has 2 amide bonds. The topological polar surface area (TPSA) is 96.3 Å². The lowest BCUT2D eigenvalue weighted by atomic mass is 10.0. The van der Waals surface area contributed by atoms with Crippen LogP contribution >= 0.6 is 0 Å². The van der Waals surface area contributed by atoms with Crippen molar-refractivity contribution in [3.63, 3.8) is 0 Å². The van der Waals surface area contributed by atoms with Crippen molar-refractivity contribution in [2.75, 3.05) is 6.61 Å². The second kappa shape index (κ2) is 9.70. The van der Waals surface area contributed by atoms with E-state index in [0.717, 1.165) is 22.6 Å². The van der Waals surface area contributed by atoms with Gasteiger partial charge in [-0.05, 0) is 53.9 Å². The zero-order valence-electron chi connectivity index (χ0n) is 17.5. The molecular weight excluding hydrogens is 429 g/mol. The molecule has 0 saturated carbocycles. The Labute approximate surface area is 189 Å². The van der Waals surface area contributed by atoms with Crippen LogP contribution in [0.25, 0.3) is 0 Å². The summed E-state index contributed by atoms with van der Waals surface area (Å²) < 4.78 is 24.2. The van der Waals surface area contributed by atoms with Crippen LogP contribution in [0.3, 0.4) is 0 Å². The number of imide groups is 1. The average Bonchev–Trinajstić information content (AvgIpc) is 3.18. The molecule has 0 aromatic heterocycles. The average molecular weight is 451 g/mol. The maximum Gasteiger partial charge on any atom is 0.417 e. The van der Waals surface area contributed by atoms with Crippen molar-refractivity contribution < 1.29 is 33.7 Å². The van der Waals surface area contributed by atoms with Crippen LogP contribution in [0, 0.1) is 5.82 Å². The van der Waals surface area contributed by atoms with E-state index in [-0.39, 0.29) is 18.1 Å². The van der Waals surface area contributed by atoms with Crippen LogP contribution in [0.5, 0.6) is 11.5 Å². The number of aliphatic hydroxyl groups is 1. The van der Waals surface area contributed by atoms with E-state index < -0.39 is 36.1 Å². The van der Waals surface area contributed by atoms with Crippen molar-refractivity contribution in [3.05, 3.63) is 95.8 Å². The molecule has 4 rings (SSSR count). The van der Waals surface area contributed by atoms with Crippen LogP contribution in [0.2, 0.25) is 0 Å². The number of hydrogen-bond acceptors (Lipinski definition) is 6. The van der Waals surface area contributed by atoms with Gasteiger partial charge in [0.1, 0.15) is 30.0 Å². The van der Waals surface area contributed by atoms with Gasteiger partial charge in [-0.15, -0.1) is 0 Å². The Bertz CT molecular complexity index is 1100. The summed E-state index contributed by atoms with van der Waals surface area (Å²) in [6.07, 6.45) is -3.46. The molecule has 8 heteroatoms. The SMILES string of the molecule is O=C1OC[C@H](Cc2ccccc2)N1C(=O)[C@@H](Oc1ccc(F)cc1)[C@H](O)c1ccc(O)cc1. The molecule has 0 bridgehead atoms. The number of nitrogens with zero attached hydrogens (tertiary/aromatic N) is 1. The second-order valence-corrected chi connectivity index (χ2v) is 7.66. The number of amides is 2. The van der Waals surface area contributed by atoms with Gasteiger partial charge in [0.15, 0.2) is 0 Å². The van der Waals surface area contributed by atoms with E-state index in [0.29, 0.717) is 12.0 Å². The Hall–Kier alpha value is -3.91. The largest absolute Gasteiger partial charge is 0.508 e. The third kappa shape index (κ3) is 5.12. The summed E-state index contributed by atoms with van der Waals surface area (Å²) in [6, 6.07) is 19.3. The minimum atomic E-state index is -1.52. The summed E-state index contributed by atoms with van der Waals surface area (Å²) in [5, 5.41) is 20.5. The Balaban J connectivity index is 1.63. The molecule has 1 fully saturated rings. The molecule has 7 nitrogen and oxygen atoms in total. The molecule has 2 N–H and O–H groups in total. The Morgan fingerprint density at radius 2 is 1.73 bits per heavy atom. The first-order valence-electron chi connectivity index (χ1n) is 10.4. The van der Waals surface area contributed by atoms with Gasteiger partial charge in [0.05, 0.1) is 6.04 Å². The van der Waals surface area contributed by atoms with Crippen LogP contribution in [0.15, 0.2) is 78.9 Å². The number of carbonyl (C=O) groups is 2. The third-order valence-electron chi connectivity index (χ3n) is 5.35. The molecule has 0 radical (unpaired) electrons. The molecule has 3 atom stereocenters. The van der Waals surface area contributed by atoms with E-state index in [4.69, 9.17) is 9.47 Å². The first-order chi connectivity index (χ1) is 15.9. The quantitative estimate of drug-likeness (QED) is 0.570. The molecule has 1 aliphatic heterocycles. The van der Waals surface area contributed by atoms with Crippen molar-refractivity contribution >= 4 is 12.0 Å². The lowest BCUT2D eigenvalue weighted by molar-refractivity contribution is -0.142. The molecule has 1 heterocycles. The number of halogens is 1. The highest BCUT2D eigenvalue weighted by atomic mass is 19.1. The summed E-state index contributed by atoms with van der Waals surface area (Å²) >= 11 is 0. The highest BCUT2D eigenvalue weighted by Gasteiger charge is 2.44. The Morgan fingerprint density at radius 1 is 1.06 bits per heavy atom. The maximum atomic E-state index is 13.5. The molecule has 1 aliphatic rings. The highest BCUT2D eigenvalue weighted by Crippen LogP contribution is 2.28. The summed E-state index contributed by atoms with van der Waals surface area (Å²) in [7, 11) is 0. The van der Waals surface area contributed by atoms with Crippen molar-refractivity contribution in [3.8, 4) is 11.5 Å². The lowest BCUT2D eigenvalue weighted by Gasteiger charge is -2.28. The molecule has 1 saturated heterocycles. The normalized spacial score (nSPS) is 17.3. The number of ether oxygens (including phenoxy) is 2. The van der Waals surface area contributed by atoms with Gasteiger partial charge in [0.25, 0.3) is 5.91 Å². The zero-order valence-corrected chi connectivity index (χ0v) is 17.5. The van der Waals surface area contributed by atoms with Gasteiger partial charge < -0.3 is 19.7 Å². The van der Waals surface area contributed by atoms with Gasteiger partial charge >= 0.3 is 6.09 Å². The molecule has 3 aromatic rings. The molecule has 3 aromatic carbocycles. The van der Waals surface area contributed by atoms with Gasteiger partial charge in [-0.1, -0.05) is 42.5 Å². The predicted molar refractivity (Wildman–Crippen MR) is 116 cm³/mol. The van der Waals surface area contributed by atoms with E-state index in [9.17, 15) is 24.2 Å². The summed E-state index contributed by atoms with van der Waals surface area (Å²) in [5.74, 6) is -1.15. The van der Waals surface area contributed by atoms with Crippen LogP contribution in [0.4, 0.5) is 9.18 Å². The fraction of sp³-hybridized carbons (Fsp3) is 0.200.